The van der Waals surface area contributed by atoms with Crippen LogP contribution in [0.25, 0.3) is 0 Å². The van der Waals surface area contributed by atoms with E-state index < -0.39 is 22.9 Å². The van der Waals surface area contributed by atoms with E-state index in [1.807, 2.05) is 143 Å². The first kappa shape index (κ1) is 26.8. The van der Waals surface area contributed by atoms with Crippen LogP contribution in [0.15, 0.2) is 115 Å². The number of hydrogen-bond donors (Lipinski definition) is 4. The van der Waals surface area contributed by atoms with Crippen molar-refractivity contribution < 1.29 is 10.2 Å². The highest BCUT2D eigenvalue weighted by Crippen LogP contribution is 2.43. The van der Waals surface area contributed by atoms with Gasteiger partial charge in [0.25, 0.3) is 0 Å². The normalized spacial score (nSPS) is 16.1. The van der Waals surface area contributed by atoms with E-state index in [4.69, 9.17) is 5.73 Å². The maximum Gasteiger partial charge on any atom is 0.146 e. The van der Waals surface area contributed by atoms with Gasteiger partial charge in [0, 0.05) is 6.04 Å². The van der Waals surface area contributed by atoms with E-state index >= 15 is 0 Å². The summed E-state index contributed by atoms with van der Waals surface area (Å²) in [4.78, 5) is 0. The Bertz CT molecular complexity index is 1240. The van der Waals surface area contributed by atoms with Gasteiger partial charge in [-0.1, -0.05) is 135 Å². The van der Waals surface area contributed by atoms with Crippen LogP contribution >= 0.6 is 0 Å². The van der Waals surface area contributed by atoms with Gasteiger partial charge in [-0.3, -0.25) is 5.32 Å². The molecule has 0 saturated heterocycles. The van der Waals surface area contributed by atoms with Crippen molar-refractivity contribution in [2.75, 3.05) is 0 Å². The summed E-state index contributed by atoms with van der Waals surface area (Å²) in [5.41, 5.74) is 6.88. The summed E-state index contributed by atoms with van der Waals surface area (Å²) in [6.45, 7) is 7.93. The zero-order valence-corrected chi connectivity index (χ0v) is 22.1. The van der Waals surface area contributed by atoms with E-state index in [1.165, 1.54) is 0 Å². The molecule has 5 N–H and O–H groups in total. The largest absolute Gasteiger partial charge is 0.379 e. The molecule has 3 unspecified atom stereocenters. The van der Waals surface area contributed by atoms with Gasteiger partial charge in [-0.2, -0.15) is 0 Å². The Morgan fingerprint density at radius 3 is 1.38 bits per heavy atom. The summed E-state index contributed by atoms with van der Waals surface area (Å²) in [5, 5.41) is 28.7. The molecule has 0 bridgehead atoms. The summed E-state index contributed by atoms with van der Waals surface area (Å²) in [7, 11) is 0. The number of nitrogens with two attached hydrogens (primary N) is 1. The van der Waals surface area contributed by atoms with Crippen LogP contribution in [0.3, 0.4) is 0 Å². The van der Waals surface area contributed by atoms with Crippen molar-refractivity contribution >= 4 is 0 Å². The average molecular weight is 495 g/mol. The molecular formula is C33H38N2O2. The lowest BCUT2D eigenvalue weighted by Crippen LogP contribution is -2.74. The van der Waals surface area contributed by atoms with Crippen molar-refractivity contribution in [2.24, 2.45) is 11.7 Å². The van der Waals surface area contributed by atoms with Crippen molar-refractivity contribution in [3.63, 3.8) is 0 Å². The lowest BCUT2D eigenvalue weighted by atomic mass is 9.69. The molecule has 4 rings (SSSR count). The van der Waals surface area contributed by atoms with E-state index in [1.54, 1.807) is 0 Å². The van der Waals surface area contributed by atoms with Crippen molar-refractivity contribution in [1.82, 2.24) is 5.32 Å². The van der Waals surface area contributed by atoms with Gasteiger partial charge in [-0.25, -0.2) is 0 Å². The van der Waals surface area contributed by atoms with Crippen LogP contribution in [0.5, 0.6) is 0 Å². The minimum Gasteiger partial charge on any atom is -0.379 e. The highest BCUT2D eigenvalue weighted by atomic mass is 16.3. The number of aryl methyl sites for hydroxylation is 1. The van der Waals surface area contributed by atoms with Gasteiger partial charge in [-0.15, -0.1) is 0 Å². The highest BCUT2D eigenvalue weighted by Gasteiger charge is 2.54. The molecule has 0 heterocycles. The summed E-state index contributed by atoms with van der Waals surface area (Å²) in [6, 6.07) is 36.0. The first-order chi connectivity index (χ1) is 17.6. The summed E-state index contributed by atoms with van der Waals surface area (Å²) < 4.78 is 0. The van der Waals surface area contributed by atoms with E-state index in [-0.39, 0.29) is 5.92 Å². The maximum absolute atomic E-state index is 12.7. The fourth-order valence-corrected chi connectivity index (χ4v) is 5.32. The third kappa shape index (κ3) is 4.74. The Kier molecular flexibility index (Phi) is 7.67. The molecule has 0 aliphatic carbocycles. The molecule has 192 valence electrons. The average Bonchev–Trinajstić information content (AvgIpc) is 2.93. The number of aliphatic hydroxyl groups is 2. The molecule has 4 nitrogen and oxygen atoms in total. The Labute approximate surface area is 220 Å². The van der Waals surface area contributed by atoms with Crippen molar-refractivity contribution in [3.8, 4) is 0 Å². The standard InChI is InChI=1S/C33H38N2O2/c1-24(2)33(34,32(37,29-16-10-6-11-17-29)30-18-12-7-13-19-30)35-26(4)31(36,27-14-8-5-9-15-27)28-22-20-25(3)21-23-28/h5-24,26,35-37H,34H2,1-4H3. The second-order valence-electron chi connectivity index (χ2n) is 10.3. The minimum absolute atomic E-state index is 0.224. The van der Waals surface area contributed by atoms with Crippen LogP contribution in [0.1, 0.15) is 48.6 Å². The third-order valence-corrected chi connectivity index (χ3v) is 7.68. The maximum atomic E-state index is 12.7. The predicted octanol–water partition coefficient (Wildman–Crippen LogP) is 5.46. The second kappa shape index (κ2) is 10.6. The molecule has 0 spiro atoms. The predicted molar refractivity (Wildman–Crippen MR) is 151 cm³/mol. The fraction of sp³-hybridized carbons (Fsp3) is 0.273. The molecule has 37 heavy (non-hydrogen) atoms. The van der Waals surface area contributed by atoms with E-state index in [0.29, 0.717) is 11.1 Å². The number of hydrogen-bond acceptors (Lipinski definition) is 4. The van der Waals surface area contributed by atoms with Gasteiger partial charge in [0.1, 0.15) is 16.9 Å². The molecule has 0 aliphatic rings. The fourth-order valence-electron chi connectivity index (χ4n) is 5.32. The third-order valence-electron chi connectivity index (χ3n) is 7.68. The van der Waals surface area contributed by atoms with Crippen molar-refractivity contribution in [3.05, 3.63) is 143 Å². The Hall–Kier alpha value is -3.28. The van der Waals surface area contributed by atoms with Crippen LogP contribution < -0.4 is 11.1 Å². The molecule has 4 aromatic carbocycles. The lowest BCUT2D eigenvalue weighted by Gasteiger charge is -2.52. The molecular weight excluding hydrogens is 456 g/mol. The molecule has 0 aliphatic heterocycles. The van der Waals surface area contributed by atoms with Crippen LogP contribution in [-0.2, 0) is 11.2 Å². The first-order valence-corrected chi connectivity index (χ1v) is 12.9. The van der Waals surface area contributed by atoms with Gasteiger partial charge >= 0.3 is 0 Å². The molecule has 0 aromatic heterocycles. The van der Waals surface area contributed by atoms with E-state index in [0.717, 1.165) is 16.7 Å². The zero-order chi connectivity index (χ0) is 26.7. The summed E-state index contributed by atoms with van der Waals surface area (Å²) in [5.74, 6) is -0.224. The Morgan fingerprint density at radius 1 is 0.595 bits per heavy atom. The van der Waals surface area contributed by atoms with Crippen LogP contribution in [0.4, 0.5) is 0 Å². The van der Waals surface area contributed by atoms with E-state index in [2.05, 4.69) is 5.32 Å². The van der Waals surface area contributed by atoms with E-state index in [9.17, 15) is 10.2 Å². The summed E-state index contributed by atoms with van der Waals surface area (Å²) >= 11 is 0. The Balaban J connectivity index is 1.89. The van der Waals surface area contributed by atoms with Gasteiger partial charge < -0.3 is 15.9 Å². The molecule has 0 radical (unpaired) electrons. The molecule has 3 atom stereocenters. The van der Waals surface area contributed by atoms with Crippen LogP contribution in [-0.4, -0.2) is 21.9 Å². The zero-order valence-electron chi connectivity index (χ0n) is 22.1. The number of benzene rings is 4. The quantitative estimate of drug-likeness (QED) is 0.233. The SMILES string of the molecule is Cc1ccc(C(O)(c2ccccc2)C(C)NC(N)(C(C)C)C(O)(c2ccccc2)c2ccccc2)cc1. The summed E-state index contributed by atoms with van der Waals surface area (Å²) in [6.07, 6.45) is 0. The molecule has 0 amide bonds. The number of rotatable bonds is 9. The molecule has 4 aromatic rings. The van der Waals surface area contributed by atoms with Crippen LogP contribution in [0, 0.1) is 12.8 Å². The van der Waals surface area contributed by atoms with Gasteiger partial charge in [-0.05, 0) is 42.0 Å². The van der Waals surface area contributed by atoms with Crippen LogP contribution in [0.2, 0.25) is 0 Å². The van der Waals surface area contributed by atoms with Crippen molar-refractivity contribution in [2.45, 2.75) is 50.6 Å². The molecule has 0 saturated carbocycles. The topological polar surface area (TPSA) is 78.5 Å². The number of nitrogens with one attached hydrogen (secondary N) is 1. The minimum atomic E-state index is -1.59. The Morgan fingerprint density at radius 2 is 0.973 bits per heavy atom. The monoisotopic (exact) mass is 494 g/mol. The second-order valence-corrected chi connectivity index (χ2v) is 10.3. The van der Waals surface area contributed by atoms with Gasteiger partial charge in [0.2, 0.25) is 0 Å². The lowest BCUT2D eigenvalue weighted by molar-refractivity contribution is -0.0695. The van der Waals surface area contributed by atoms with Crippen molar-refractivity contribution in [1.29, 1.82) is 0 Å². The van der Waals surface area contributed by atoms with Gasteiger partial charge in [0.15, 0.2) is 0 Å². The molecule has 0 fully saturated rings. The molecule has 4 heteroatoms. The highest BCUT2D eigenvalue weighted by molar-refractivity contribution is 5.43. The first-order valence-electron chi connectivity index (χ1n) is 12.9. The smallest absolute Gasteiger partial charge is 0.146 e. The van der Waals surface area contributed by atoms with Gasteiger partial charge in [0.05, 0.1) is 0 Å².